The standard InChI is InChI=1S/C19H26F12O4/c1-3-32-9-10-34-14(16(20,21)22,17(23,24)25)12-5-7-13(8-6-12)15(18(26,27)28,19(29,30)31)35-11-33-4-2/h12-13H,3-11H2,1-2H3. The Morgan fingerprint density at radius 2 is 0.857 bits per heavy atom. The predicted molar refractivity (Wildman–Crippen MR) is 95.2 cm³/mol. The monoisotopic (exact) mass is 546 g/mol. The molecule has 0 unspecified atom stereocenters. The van der Waals surface area contributed by atoms with Crippen LogP contribution in [0.3, 0.4) is 0 Å². The summed E-state index contributed by atoms with van der Waals surface area (Å²) < 4.78 is 183. The van der Waals surface area contributed by atoms with Gasteiger partial charge >= 0.3 is 24.7 Å². The van der Waals surface area contributed by atoms with Gasteiger partial charge in [0.1, 0.15) is 6.79 Å². The molecular formula is C19H26F12O4. The molecule has 0 saturated heterocycles. The van der Waals surface area contributed by atoms with Gasteiger partial charge in [-0.25, -0.2) is 0 Å². The van der Waals surface area contributed by atoms with Gasteiger partial charge in [-0.3, -0.25) is 0 Å². The average molecular weight is 546 g/mol. The predicted octanol–water partition coefficient (Wildman–Crippen LogP) is 6.58. The van der Waals surface area contributed by atoms with Crippen LogP contribution in [0.1, 0.15) is 39.5 Å². The highest BCUT2D eigenvalue weighted by Gasteiger charge is 2.78. The van der Waals surface area contributed by atoms with Crippen LogP contribution in [-0.4, -0.2) is 69.1 Å². The smallest absolute Gasteiger partial charge is 0.379 e. The van der Waals surface area contributed by atoms with Crippen LogP contribution in [0, 0.1) is 11.8 Å². The third kappa shape index (κ3) is 6.47. The van der Waals surface area contributed by atoms with Crippen molar-refractivity contribution >= 4 is 0 Å². The lowest BCUT2D eigenvalue weighted by molar-refractivity contribution is -0.418. The Bertz CT molecular complexity index is 606. The van der Waals surface area contributed by atoms with Crippen LogP contribution >= 0.6 is 0 Å². The van der Waals surface area contributed by atoms with E-state index < -0.39 is 93.4 Å². The molecule has 0 aliphatic heterocycles. The van der Waals surface area contributed by atoms with E-state index in [0.29, 0.717) is 0 Å². The number of ether oxygens (including phenoxy) is 4. The van der Waals surface area contributed by atoms with Crippen molar-refractivity contribution in [1.82, 2.24) is 0 Å². The minimum atomic E-state index is -6.08. The van der Waals surface area contributed by atoms with Gasteiger partial charge in [0.15, 0.2) is 0 Å². The van der Waals surface area contributed by atoms with E-state index >= 15 is 0 Å². The molecule has 4 nitrogen and oxygen atoms in total. The molecule has 0 atom stereocenters. The molecule has 0 amide bonds. The van der Waals surface area contributed by atoms with Crippen molar-refractivity contribution in [2.45, 2.75) is 75.4 Å². The highest BCUT2D eigenvalue weighted by molar-refractivity contribution is 5.07. The zero-order valence-electron chi connectivity index (χ0n) is 18.7. The third-order valence-corrected chi connectivity index (χ3v) is 5.90. The van der Waals surface area contributed by atoms with E-state index in [2.05, 4.69) is 18.9 Å². The van der Waals surface area contributed by atoms with E-state index in [1.165, 1.54) is 13.8 Å². The van der Waals surface area contributed by atoms with Gasteiger partial charge in [0.05, 0.1) is 13.2 Å². The number of rotatable bonds is 11. The first-order valence-corrected chi connectivity index (χ1v) is 10.5. The number of alkyl halides is 12. The van der Waals surface area contributed by atoms with E-state index in [0.717, 1.165) is 0 Å². The summed E-state index contributed by atoms with van der Waals surface area (Å²) in [5.74, 6) is -5.01. The van der Waals surface area contributed by atoms with Crippen LogP contribution in [0.15, 0.2) is 0 Å². The van der Waals surface area contributed by atoms with Gasteiger partial charge < -0.3 is 18.9 Å². The summed E-state index contributed by atoms with van der Waals surface area (Å²) in [6.45, 7) is -0.907. The molecule has 0 aromatic heterocycles. The molecule has 1 aliphatic carbocycles. The molecule has 1 aliphatic rings. The van der Waals surface area contributed by atoms with Crippen LogP contribution in [-0.2, 0) is 18.9 Å². The van der Waals surface area contributed by atoms with Gasteiger partial charge in [-0.2, -0.15) is 52.7 Å². The maximum atomic E-state index is 13.8. The SMILES string of the molecule is CCOCCOC(C1CCC(C(OCOCC)(C(F)(F)F)C(F)(F)F)CC1)(C(F)(F)F)C(F)(F)F. The van der Waals surface area contributed by atoms with Crippen LogP contribution < -0.4 is 0 Å². The molecule has 0 spiro atoms. The van der Waals surface area contributed by atoms with Crippen molar-refractivity contribution in [2.24, 2.45) is 11.8 Å². The maximum absolute atomic E-state index is 13.8. The van der Waals surface area contributed by atoms with E-state index in [1.54, 1.807) is 0 Å². The molecule has 35 heavy (non-hydrogen) atoms. The molecule has 0 bridgehead atoms. The first kappa shape index (κ1) is 32.0. The fourth-order valence-electron chi connectivity index (χ4n) is 4.34. The van der Waals surface area contributed by atoms with Gasteiger partial charge in [-0.05, 0) is 39.5 Å². The van der Waals surface area contributed by atoms with E-state index in [-0.39, 0.29) is 13.2 Å². The molecule has 16 heteroatoms. The summed E-state index contributed by atoms with van der Waals surface area (Å²) in [6, 6.07) is 0. The first-order valence-electron chi connectivity index (χ1n) is 10.5. The summed E-state index contributed by atoms with van der Waals surface area (Å²) in [5.41, 5.74) is -9.64. The van der Waals surface area contributed by atoms with Gasteiger partial charge in [0.2, 0.25) is 0 Å². The van der Waals surface area contributed by atoms with Crippen molar-refractivity contribution in [3.8, 4) is 0 Å². The normalized spacial score (nSPS) is 21.4. The Morgan fingerprint density at radius 1 is 0.514 bits per heavy atom. The highest BCUT2D eigenvalue weighted by atomic mass is 19.4. The summed E-state index contributed by atoms with van der Waals surface area (Å²) in [5, 5.41) is 0. The maximum Gasteiger partial charge on any atom is 0.426 e. The summed E-state index contributed by atoms with van der Waals surface area (Å²) in [6.07, 6.45) is -29.5. The van der Waals surface area contributed by atoms with Crippen molar-refractivity contribution in [3.63, 3.8) is 0 Å². The molecule has 0 heterocycles. The van der Waals surface area contributed by atoms with Crippen molar-refractivity contribution in [2.75, 3.05) is 33.2 Å². The molecule has 0 aromatic carbocycles. The summed E-state index contributed by atoms with van der Waals surface area (Å²) in [4.78, 5) is 0. The van der Waals surface area contributed by atoms with E-state index in [9.17, 15) is 52.7 Å². The lowest BCUT2D eigenvalue weighted by atomic mass is 9.67. The molecule has 0 N–H and O–H groups in total. The zero-order chi connectivity index (χ0) is 27.3. The lowest BCUT2D eigenvalue weighted by Gasteiger charge is -2.48. The topological polar surface area (TPSA) is 36.9 Å². The van der Waals surface area contributed by atoms with Crippen LogP contribution in [0.2, 0.25) is 0 Å². The highest BCUT2D eigenvalue weighted by Crippen LogP contribution is 2.59. The largest absolute Gasteiger partial charge is 0.426 e. The van der Waals surface area contributed by atoms with Crippen LogP contribution in [0.25, 0.3) is 0 Å². The van der Waals surface area contributed by atoms with Crippen molar-refractivity contribution < 1.29 is 71.6 Å². The van der Waals surface area contributed by atoms with E-state index in [4.69, 9.17) is 0 Å². The van der Waals surface area contributed by atoms with Crippen LogP contribution in [0.4, 0.5) is 52.7 Å². The number of halogens is 12. The Labute approximate surface area is 193 Å². The minimum Gasteiger partial charge on any atom is -0.379 e. The van der Waals surface area contributed by atoms with E-state index in [1.807, 2.05) is 0 Å². The molecule has 210 valence electrons. The minimum absolute atomic E-state index is 0.0434. The summed E-state index contributed by atoms with van der Waals surface area (Å²) in [7, 11) is 0. The van der Waals surface area contributed by atoms with Gasteiger partial charge in [0, 0.05) is 25.0 Å². The number of hydrogen-bond donors (Lipinski definition) is 0. The lowest BCUT2D eigenvalue weighted by Crippen LogP contribution is -2.66. The fourth-order valence-corrected chi connectivity index (χ4v) is 4.34. The van der Waals surface area contributed by atoms with Gasteiger partial charge in [0.25, 0.3) is 11.2 Å². The second-order valence-corrected chi connectivity index (χ2v) is 7.81. The molecule has 1 saturated carbocycles. The Kier molecular flexibility index (Phi) is 10.6. The quantitative estimate of drug-likeness (QED) is 0.167. The molecule has 1 fully saturated rings. The fraction of sp³-hybridized carbons (Fsp3) is 1.00. The first-order chi connectivity index (χ1) is 15.8. The number of hydrogen-bond acceptors (Lipinski definition) is 4. The Morgan fingerprint density at radius 3 is 1.17 bits per heavy atom. The van der Waals surface area contributed by atoms with Crippen LogP contribution in [0.5, 0.6) is 0 Å². The Hall–Kier alpha value is -1.00. The zero-order valence-corrected chi connectivity index (χ0v) is 18.7. The molecule has 0 radical (unpaired) electrons. The van der Waals surface area contributed by atoms with Crippen molar-refractivity contribution in [1.29, 1.82) is 0 Å². The summed E-state index contributed by atoms with van der Waals surface area (Å²) >= 11 is 0. The van der Waals surface area contributed by atoms with Crippen molar-refractivity contribution in [3.05, 3.63) is 0 Å². The molecule has 1 rings (SSSR count). The molecule has 0 aromatic rings. The Balaban J connectivity index is 3.36. The second-order valence-electron chi connectivity index (χ2n) is 7.81. The van der Waals surface area contributed by atoms with Gasteiger partial charge in [-0.1, -0.05) is 0 Å². The average Bonchev–Trinajstić information content (AvgIpc) is 2.68. The third-order valence-electron chi connectivity index (χ3n) is 5.90. The van der Waals surface area contributed by atoms with Gasteiger partial charge in [-0.15, -0.1) is 0 Å². The molecular weight excluding hydrogens is 520 g/mol. The second kappa shape index (κ2) is 11.6.